The van der Waals surface area contributed by atoms with E-state index < -0.39 is 0 Å². The number of allylic oxidation sites excluding steroid dienone is 1. The minimum atomic E-state index is -0.115. The highest BCUT2D eigenvalue weighted by Crippen LogP contribution is 2.66. The molecule has 4 fully saturated rings. The standard InChI is InChI=1S/C25H36N2O2/c1-15-17(14-27(4)26-15)11-16-13-25(3)18(12-22(16)28)5-6-19-20-7-8-23(29)24(20,2)10-9-21(19)25/h11,14,18-21,23,29H,5-10,12-13H2,1-4H3/b16-11-/t18-,19-,20-,21-,23-,24-,25-/m0/s1. The Morgan fingerprint density at radius 1 is 1.14 bits per heavy atom. The minimum Gasteiger partial charge on any atom is -0.393 e. The van der Waals surface area contributed by atoms with Gasteiger partial charge in [-0.1, -0.05) is 13.8 Å². The van der Waals surface area contributed by atoms with E-state index in [4.69, 9.17) is 0 Å². The zero-order chi connectivity index (χ0) is 20.6. The Hall–Kier alpha value is -1.42. The minimum absolute atomic E-state index is 0.115. The summed E-state index contributed by atoms with van der Waals surface area (Å²) in [4.78, 5) is 13.0. The van der Waals surface area contributed by atoms with Crippen LogP contribution in [0.2, 0.25) is 0 Å². The molecule has 4 aliphatic carbocycles. The van der Waals surface area contributed by atoms with Crippen molar-refractivity contribution < 1.29 is 9.90 Å². The van der Waals surface area contributed by atoms with E-state index in [2.05, 4.69) is 25.0 Å². The number of aromatic nitrogens is 2. The summed E-state index contributed by atoms with van der Waals surface area (Å²) < 4.78 is 1.84. The van der Waals surface area contributed by atoms with Crippen LogP contribution in [0.3, 0.4) is 0 Å². The number of aryl methyl sites for hydroxylation is 2. The van der Waals surface area contributed by atoms with Gasteiger partial charge in [0.25, 0.3) is 0 Å². The van der Waals surface area contributed by atoms with E-state index in [-0.39, 0.29) is 16.9 Å². The first-order chi connectivity index (χ1) is 13.7. The molecule has 4 saturated carbocycles. The van der Waals surface area contributed by atoms with Crippen molar-refractivity contribution in [2.75, 3.05) is 0 Å². The molecule has 0 aliphatic heterocycles. The van der Waals surface area contributed by atoms with Crippen LogP contribution in [0.4, 0.5) is 0 Å². The normalized spacial score (nSPS) is 45.8. The summed E-state index contributed by atoms with van der Waals surface area (Å²) in [5, 5.41) is 15.1. The van der Waals surface area contributed by atoms with E-state index >= 15 is 0 Å². The largest absolute Gasteiger partial charge is 0.393 e. The van der Waals surface area contributed by atoms with Crippen LogP contribution in [0.5, 0.6) is 0 Å². The van der Waals surface area contributed by atoms with Crippen LogP contribution in [-0.4, -0.2) is 26.8 Å². The van der Waals surface area contributed by atoms with E-state index in [1.165, 1.54) is 25.7 Å². The van der Waals surface area contributed by atoms with Gasteiger partial charge in [-0.05, 0) is 98.0 Å². The summed E-state index contributed by atoms with van der Waals surface area (Å²) >= 11 is 0. The van der Waals surface area contributed by atoms with Gasteiger partial charge in [-0.2, -0.15) is 5.10 Å². The van der Waals surface area contributed by atoms with Gasteiger partial charge in [0.05, 0.1) is 11.8 Å². The quantitative estimate of drug-likeness (QED) is 0.701. The predicted octanol–water partition coefficient (Wildman–Crippen LogP) is 4.69. The summed E-state index contributed by atoms with van der Waals surface area (Å²) in [6.07, 6.45) is 12.7. The SMILES string of the molecule is Cc1nn(C)cc1/C=C1/C[C@@]2(C)[C@@H](CC[C@@H]3[C@@H]2CC[C@]2(C)[C@@H](O)CC[C@@H]32)CC1=O. The molecule has 158 valence electrons. The summed E-state index contributed by atoms with van der Waals surface area (Å²) in [5.74, 6) is 2.96. The molecule has 0 aromatic carbocycles. The topological polar surface area (TPSA) is 55.1 Å². The molecule has 1 aromatic heterocycles. The molecule has 1 N–H and O–H groups in total. The molecule has 0 saturated heterocycles. The number of ketones is 1. The smallest absolute Gasteiger partial charge is 0.159 e. The molecule has 0 spiro atoms. The molecule has 0 unspecified atom stereocenters. The van der Waals surface area contributed by atoms with Gasteiger partial charge in [-0.15, -0.1) is 0 Å². The van der Waals surface area contributed by atoms with Crippen molar-refractivity contribution in [3.05, 3.63) is 23.0 Å². The van der Waals surface area contributed by atoms with Crippen LogP contribution in [0.25, 0.3) is 6.08 Å². The lowest BCUT2D eigenvalue weighted by Crippen LogP contribution is -2.54. The highest BCUT2D eigenvalue weighted by molar-refractivity contribution is 6.00. The van der Waals surface area contributed by atoms with Crippen LogP contribution in [-0.2, 0) is 11.8 Å². The van der Waals surface area contributed by atoms with E-state index in [0.29, 0.717) is 23.5 Å². The molecule has 0 radical (unpaired) electrons. The van der Waals surface area contributed by atoms with Crippen molar-refractivity contribution in [3.8, 4) is 0 Å². The van der Waals surface area contributed by atoms with E-state index in [1.54, 1.807) is 0 Å². The molecule has 7 atom stereocenters. The molecule has 5 rings (SSSR count). The van der Waals surface area contributed by atoms with Crippen molar-refractivity contribution in [1.82, 2.24) is 9.78 Å². The van der Waals surface area contributed by atoms with Crippen molar-refractivity contribution in [1.29, 1.82) is 0 Å². The Morgan fingerprint density at radius 3 is 2.62 bits per heavy atom. The number of hydrogen-bond donors (Lipinski definition) is 1. The second kappa shape index (κ2) is 6.54. The molecular formula is C25H36N2O2. The molecule has 4 nitrogen and oxygen atoms in total. The van der Waals surface area contributed by atoms with Gasteiger partial charge in [0, 0.05) is 25.2 Å². The molecule has 0 amide bonds. The van der Waals surface area contributed by atoms with Crippen LogP contribution in [0, 0.1) is 41.4 Å². The summed E-state index contributed by atoms with van der Waals surface area (Å²) in [6, 6.07) is 0. The number of hydrogen-bond acceptors (Lipinski definition) is 3. The second-order valence-electron chi connectivity index (χ2n) is 11.1. The van der Waals surface area contributed by atoms with Crippen molar-refractivity contribution >= 4 is 11.9 Å². The maximum absolute atomic E-state index is 13.0. The lowest BCUT2D eigenvalue weighted by Gasteiger charge is -2.60. The number of carbonyl (C=O) groups excluding carboxylic acids is 1. The van der Waals surface area contributed by atoms with E-state index in [0.717, 1.165) is 48.4 Å². The molecule has 0 bridgehead atoms. The maximum Gasteiger partial charge on any atom is 0.159 e. The number of carbonyl (C=O) groups is 1. The molecular weight excluding hydrogens is 360 g/mol. The number of aliphatic hydroxyl groups is 1. The van der Waals surface area contributed by atoms with E-state index in [9.17, 15) is 9.90 Å². The summed E-state index contributed by atoms with van der Waals surface area (Å²) in [6.45, 7) is 6.86. The van der Waals surface area contributed by atoms with Gasteiger partial charge in [-0.3, -0.25) is 9.48 Å². The zero-order valence-corrected chi connectivity index (χ0v) is 18.4. The Morgan fingerprint density at radius 2 is 1.90 bits per heavy atom. The van der Waals surface area contributed by atoms with Crippen LogP contribution in [0.1, 0.15) is 76.5 Å². The molecule has 1 aromatic rings. The number of rotatable bonds is 1. The van der Waals surface area contributed by atoms with Gasteiger partial charge in [0.15, 0.2) is 5.78 Å². The zero-order valence-electron chi connectivity index (χ0n) is 18.4. The van der Waals surface area contributed by atoms with Gasteiger partial charge in [-0.25, -0.2) is 0 Å². The lowest BCUT2D eigenvalue weighted by atomic mass is 9.45. The third-order valence-corrected chi connectivity index (χ3v) is 9.76. The molecule has 4 heteroatoms. The second-order valence-corrected chi connectivity index (χ2v) is 11.1. The molecule has 4 aliphatic rings. The van der Waals surface area contributed by atoms with Gasteiger partial charge < -0.3 is 5.11 Å². The Bertz CT molecular complexity index is 870. The van der Waals surface area contributed by atoms with Gasteiger partial charge in [0.2, 0.25) is 0 Å². The first kappa shape index (κ1) is 19.5. The Labute approximate surface area is 174 Å². The fourth-order valence-electron chi connectivity index (χ4n) is 8.06. The number of aliphatic hydroxyl groups excluding tert-OH is 1. The monoisotopic (exact) mass is 396 g/mol. The number of nitrogens with zero attached hydrogens (tertiary/aromatic N) is 2. The predicted molar refractivity (Wildman–Crippen MR) is 114 cm³/mol. The fraction of sp³-hybridized carbons (Fsp3) is 0.760. The number of Topliss-reactive ketones (excluding diaryl/α,β-unsaturated/α-hetero) is 1. The highest BCUT2D eigenvalue weighted by atomic mass is 16.3. The Kier molecular flexibility index (Phi) is 4.40. The first-order valence-corrected chi connectivity index (χ1v) is 11.6. The Balaban J connectivity index is 1.47. The average molecular weight is 397 g/mol. The molecule has 29 heavy (non-hydrogen) atoms. The van der Waals surface area contributed by atoms with Crippen LogP contribution in [0.15, 0.2) is 11.8 Å². The number of fused-ring (bicyclic) bond motifs is 5. The first-order valence-electron chi connectivity index (χ1n) is 11.6. The van der Waals surface area contributed by atoms with Crippen LogP contribution < -0.4 is 0 Å². The van der Waals surface area contributed by atoms with Crippen molar-refractivity contribution in [3.63, 3.8) is 0 Å². The molecule has 1 heterocycles. The van der Waals surface area contributed by atoms with Gasteiger partial charge in [0.1, 0.15) is 0 Å². The lowest BCUT2D eigenvalue weighted by molar-refractivity contribution is -0.134. The average Bonchev–Trinajstić information content (AvgIpc) is 3.14. The third kappa shape index (κ3) is 2.81. The van der Waals surface area contributed by atoms with Crippen LogP contribution >= 0.6 is 0 Å². The maximum atomic E-state index is 13.0. The van der Waals surface area contributed by atoms with Gasteiger partial charge >= 0.3 is 0 Å². The highest BCUT2D eigenvalue weighted by Gasteiger charge is 2.60. The van der Waals surface area contributed by atoms with Crippen molar-refractivity contribution in [2.24, 2.45) is 41.5 Å². The van der Waals surface area contributed by atoms with E-state index in [1.807, 2.05) is 24.9 Å². The van der Waals surface area contributed by atoms with Crippen molar-refractivity contribution in [2.45, 2.75) is 78.2 Å². The summed E-state index contributed by atoms with van der Waals surface area (Å²) in [5.41, 5.74) is 3.43. The fourth-order valence-corrected chi connectivity index (χ4v) is 8.06. The summed E-state index contributed by atoms with van der Waals surface area (Å²) in [7, 11) is 1.94. The third-order valence-electron chi connectivity index (χ3n) is 9.76.